The third kappa shape index (κ3) is 5.82. The first kappa shape index (κ1) is 25.4. The van der Waals surface area contributed by atoms with Gasteiger partial charge in [0.15, 0.2) is 0 Å². The van der Waals surface area contributed by atoms with Gasteiger partial charge in [-0.05, 0) is 72.5 Å². The van der Waals surface area contributed by atoms with Gasteiger partial charge in [0.05, 0.1) is 51.0 Å². The molecule has 0 bridgehead atoms. The van der Waals surface area contributed by atoms with Crippen molar-refractivity contribution in [3.63, 3.8) is 0 Å². The first-order chi connectivity index (χ1) is 18.5. The van der Waals surface area contributed by atoms with Crippen LogP contribution in [0.3, 0.4) is 0 Å². The summed E-state index contributed by atoms with van der Waals surface area (Å²) >= 11 is 0. The molecule has 0 saturated heterocycles. The number of carbonyl (C=O) groups excluding carboxylic acids is 1. The lowest BCUT2D eigenvalue weighted by atomic mass is 10.0. The number of pyridine rings is 1. The fourth-order valence-electron chi connectivity index (χ4n) is 4.42. The molecule has 3 aromatic rings. The molecule has 0 spiro atoms. The summed E-state index contributed by atoms with van der Waals surface area (Å²) in [6.45, 7) is 0.776. The number of anilines is 2. The number of benzene rings is 2. The van der Waals surface area contributed by atoms with Crippen molar-refractivity contribution in [3.05, 3.63) is 108 Å². The van der Waals surface area contributed by atoms with Crippen LogP contribution in [0.2, 0.25) is 0 Å². The van der Waals surface area contributed by atoms with E-state index in [1.54, 1.807) is 54.7 Å². The second kappa shape index (κ2) is 11.4. The highest BCUT2D eigenvalue weighted by Crippen LogP contribution is 2.32. The lowest BCUT2D eigenvalue weighted by molar-refractivity contribution is -0.137. The fraction of sp³-hybridized carbons (Fsp3) is 0.179. The average molecular weight is 530 g/mol. The van der Waals surface area contributed by atoms with Crippen molar-refractivity contribution >= 4 is 34.1 Å². The minimum Gasteiger partial charge on any atom is -0.481 e. The summed E-state index contributed by atoms with van der Waals surface area (Å²) in [7, 11) is -1.75. The molecule has 2 atom stereocenters. The molecule has 10 heteroatoms. The minimum absolute atomic E-state index is 0.338. The van der Waals surface area contributed by atoms with E-state index in [1.807, 2.05) is 17.3 Å². The van der Waals surface area contributed by atoms with Gasteiger partial charge in [0.1, 0.15) is 0 Å². The molecular formula is C28H27N5O4S. The van der Waals surface area contributed by atoms with E-state index < -0.39 is 22.0 Å². The van der Waals surface area contributed by atoms with Gasteiger partial charge in [0.2, 0.25) is 0 Å². The zero-order valence-electron chi connectivity index (χ0n) is 20.5. The molecule has 1 aliphatic heterocycles. The van der Waals surface area contributed by atoms with Crippen molar-refractivity contribution in [1.29, 1.82) is 0 Å². The van der Waals surface area contributed by atoms with Gasteiger partial charge in [0, 0.05) is 18.0 Å². The number of nitrogens with zero attached hydrogens (tertiary/aromatic N) is 2. The number of aromatic nitrogens is 1. The Morgan fingerprint density at radius 3 is 2.66 bits per heavy atom. The number of amides is 1. The summed E-state index contributed by atoms with van der Waals surface area (Å²) in [6, 6.07) is 17.2. The van der Waals surface area contributed by atoms with Gasteiger partial charge < -0.3 is 21.3 Å². The van der Waals surface area contributed by atoms with Crippen molar-refractivity contribution in [2.75, 3.05) is 17.3 Å². The standard InChI is InChI=1S/C28H27N5O4S/c34-27(35)16-26(20-7-5-15-29-17-20)38(37)25-10-4-3-9-24(25)30-28(36)19-11-13-22(14-12-19)31-33-18-21-6-1-2-8-23(21)32-33/h2-5,7-15,17,26,31-32H,1,6,16,18H2,(H,30,36)(H,34,35). The summed E-state index contributed by atoms with van der Waals surface area (Å²) < 4.78 is 13.6. The molecule has 1 aromatic heterocycles. The molecule has 0 saturated carbocycles. The molecule has 2 aliphatic rings. The van der Waals surface area contributed by atoms with E-state index in [4.69, 9.17) is 0 Å². The maximum Gasteiger partial charge on any atom is 0.304 e. The Labute approximate surface area is 222 Å². The van der Waals surface area contributed by atoms with Gasteiger partial charge in [-0.1, -0.05) is 24.3 Å². The number of rotatable bonds is 9. The molecular weight excluding hydrogens is 502 g/mol. The summed E-state index contributed by atoms with van der Waals surface area (Å²) in [6.07, 6.45) is 9.10. The Morgan fingerprint density at radius 2 is 1.92 bits per heavy atom. The van der Waals surface area contributed by atoms with Gasteiger partial charge >= 0.3 is 5.97 Å². The van der Waals surface area contributed by atoms with Crippen LogP contribution in [-0.4, -0.2) is 37.8 Å². The molecule has 2 unspecified atom stereocenters. The third-order valence-electron chi connectivity index (χ3n) is 6.32. The summed E-state index contributed by atoms with van der Waals surface area (Å²) in [5.41, 5.74) is 11.3. The van der Waals surface area contributed by atoms with Crippen LogP contribution in [0.5, 0.6) is 0 Å². The number of carboxylic acid groups (broad SMARTS) is 1. The lowest BCUT2D eigenvalue weighted by Crippen LogP contribution is -2.37. The van der Waals surface area contributed by atoms with E-state index in [0.717, 1.165) is 30.8 Å². The maximum atomic E-state index is 13.6. The predicted molar refractivity (Wildman–Crippen MR) is 145 cm³/mol. The molecule has 9 nitrogen and oxygen atoms in total. The zero-order valence-corrected chi connectivity index (χ0v) is 21.3. The number of aliphatic carboxylic acids is 1. The number of nitrogens with one attached hydrogen (secondary N) is 3. The number of allylic oxidation sites excluding steroid dienone is 2. The molecule has 0 fully saturated rings. The Bertz CT molecular complexity index is 1420. The van der Waals surface area contributed by atoms with Gasteiger partial charge in [-0.3, -0.25) is 18.8 Å². The van der Waals surface area contributed by atoms with E-state index in [-0.39, 0.29) is 12.3 Å². The smallest absolute Gasteiger partial charge is 0.304 e. The van der Waals surface area contributed by atoms with Crippen LogP contribution in [0.4, 0.5) is 11.4 Å². The topological polar surface area (TPSA) is 124 Å². The highest BCUT2D eigenvalue weighted by Gasteiger charge is 2.26. The van der Waals surface area contributed by atoms with Gasteiger partial charge in [-0.25, -0.2) is 0 Å². The number of hydrogen-bond acceptors (Lipinski definition) is 7. The first-order valence-corrected chi connectivity index (χ1v) is 13.4. The number of carboxylic acids is 1. The van der Waals surface area contributed by atoms with Crippen molar-refractivity contribution < 1.29 is 18.9 Å². The van der Waals surface area contributed by atoms with Crippen LogP contribution in [0.15, 0.2) is 101 Å². The van der Waals surface area contributed by atoms with E-state index in [1.165, 1.54) is 11.8 Å². The number of hydrogen-bond donors (Lipinski definition) is 4. The summed E-state index contributed by atoms with van der Waals surface area (Å²) in [4.78, 5) is 29.0. The number of para-hydroxylation sites is 1. The Balaban J connectivity index is 1.27. The Morgan fingerprint density at radius 1 is 1.11 bits per heavy atom. The molecule has 194 valence electrons. The average Bonchev–Trinajstić information content (AvgIpc) is 3.35. The molecule has 0 radical (unpaired) electrons. The van der Waals surface area contributed by atoms with Crippen LogP contribution in [0.25, 0.3) is 0 Å². The maximum absolute atomic E-state index is 13.6. The molecule has 1 aliphatic carbocycles. The lowest BCUT2D eigenvalue weighted by Gasteiger charge is -2.20. The SMILES string of the molecule is O=C(O)CC(c1cccnc1)S(=O)c1ccccc1NC(=O)c1ccc(NN2CC3=C(C=CCC3)N2)cc1. The van der Waals surface area contributed by atoms with Crippen LogP contribution < -0.4 is 16.2 Å². The van der Waals surface area contributed by atoms with E-state index in [0.29, 0.717) is 21.7 Å². The molecule has 1 amide bonds. The number of hydrazine groups is 2. The van der Waals surface area contributed by atoms with Crippen molar-refractivity contribution in [2.45, 2.75) is 29.4 Å². The highest BCUT2D eigenvalue weighted by atomic mass is 32.2. The quantitative estimate of drug-likeness (QED) is 0.321. The second-order valence-electron chi connectivity index (χ2n) is 8.97. The summed E-state index contributed by atoms with van der Waals surface area (Å²) in [5.74, 6) is -1.43. The highest BCUT2D eigenvalue weighted by molar-refractivity contribution is 7.85. The van der Waals surface area contributed by atoms with Crippen molar-refractivity contribution in [3.8, 4) is 0 Å². The minimum atomic E-state index is -1.75. The largest absolute Gasteiger partial charge is 0.481 e. The molecule has 2 heterocycles. The Kier molecular flexibility index (Phi) is 7.62. The molecule has 4 N–H and O–H groups in total. The van der Waals surface area contributed by atoms with Gasteiger partial charge in [0.25, 0.3) is 5.91 Å². The van der Waals surface area contributed by atoms with E-state index in [2.05, 4.69) is 33.3 Å². The van der Waals surface area contributed by atoms with E-state index >= 15 is 0 Å². The molecule has 5 rings (SSSR count). The third-order valence-corrected chi connectivity index (χ3v) is 8.07. The van der Waals surface area contributed by atoms with Crippen molar-refractivity contribution in [1.82, 2.24) is 15.5 Å². The fourth-order valence-corrected chi connectivity index (χ4v) is 5.96. The molecule has 38 heavy (non-hydrogen) atoms. The van der Waals surface area contributed by atoms with Crippen LogP contribution in [-0.2, 0) is 15.6 Å². The van der Waals surface area contributed by atoms with Gasteiger partial charge in [-0.15, -0.1) is 5.12 Å². The normalized spacial score (nSPS) is 16.3. The predicted octanol–water partition coefficient (Wildman–Crippen LogP) is 4.41. The zero-order chi connectivity index (χ0) is 26.5. The van der Waals surface area contributed by atoms with Crippen LogP contribution in [0, 0.1) is 0 Å². The van der Waals surface area contributed by atoms with Gasteiger partial charge in [-0.2, -0.15) is 0 Å². The van der Waals surface area contributed by atoms with Crippen LogP contribution >= 0.6 is 0 Å². The second-order valence-corrected chi connectivity index (χ2v) is 10.6. The van der Waals surface area contributed by atoms with Crippen molar-refractivity contribution in [2.24, 2.45) is 0 Å². The van der Waals surface area contributed by atoms with E-state index in [9.17, 15) is 18.9 Å². The summed E-state index contributed by atoms with van der Waals surface area (Å²) in [5, 5.41) is 13.4. The number of carbonyl (C=O) groups is 2. The Hall–Kier alpha value is -4.28. The van der Waals surface area contributed by atoms with Crippen LogP contribution in [0.1, 0.15) is 40.4 Å². The molecule has 2 aromatic carbocycles. The monoisotopic (exact) mass is 529 g/mol. The first-order valence-electron chi connectivity index (χ1n) is 12.2.